The molecule has 0 aliphatic heterocycles. The van der Waals surface area contributed by atoms with Crippen LogP contribution in [0.4, 0.5) is 8.78 Å². The third-order valence-corrected chi connectivity index (χ3v) is 2.22. The Balaban J connectivity index is 2.90. The number of furan rings is 1. The molecule has 2 rings (SSSR count). The Morgan fingerprint density at radius 1 is 1.29 bits per heavy atom. The first kappa shape index (κ1) is 9.15. The molecule has 0 unspecified atom stereocenters. The van der Waals surface area contributed by atoms with E-state index in [4.69, 9.17) is 9.52 Å². The van der Waals surface area contributed by atoms with E-state index in [0.717, 1.165) is 12.1 Å². The Hall–Kier alpha value is -1.42. The zero-order chi connectivity index (χ0) is 10.3. The molecule has 0 spiro atoms. The number of aliphatic hydroxyl groups excluding tert-OH is 1. The number of halogens is 2. The second kappa shape index (κ2) is 3.06. The van der Waals surface area contributed by atoms with Crippen molar-refractivity contribution in [2.75, 3.05) is 0 Å². The van der Waals surface area contributed by atoms with Crippen LogP contribution in [0.5, 0.6) is 0 Å². The number of rotatable bonds is 1. The molecule has 1 N–H and O–H groups in total. The van der Waals surface area contributed by atoms with Gasteiger partial charge in [0.25, 0.3) is 0 Å². The lowest BCUT2D eigenvalue weighted by molar-refractivity contribution is 0.249. The fourth-order valence-corrected chi connectivity index (χ4v) is 1.47. The van der Waals surface area contributed by atoms with Crippen LogP contribution in [0.15, 0.2) is 16.5 Å². The van der Waals surface area contributed by atoms with Crippen molar-refractivity contribution in [1.29, 1.82) is 0 Å². The van der Waals surface area contributed by atoms with Crippen molar-refractivity contribution in [3.8, 4) is 0 Å². The van der Waals surface area contributed by atoms with Crippen molar-refractivity contribution >= 4 is 11.0 Å². The standard InChI is InChI=1S/C10H8F2O2/c1-5-8(4-13)14-10-7(12)3-2-6(11)9(5)10/h2-3,13H,4H2,1H3. The summed E-state index contributed by atoms with van der Waals surface area (Å²) in [4.78, 5) is 0. The maximum Gasteiger partial charge on any atom is 0.173 e. The summed E-state index contributed by atoms with van der Waals surface area (Å²) in [6.45, 7) is 1.22. The van der Waals surface area contributed by atoms with Crippen LogP contribution < -0.4 is 0 Å². The molecule has 2 aromatic rings. The first-order valence-electron chi connectivity index (χ1n) is 4.12. The summed E-state index contributed by atoms with van der Waals surface area (Å²) < 4.78 is 31.4. The molecule has 1 heterocycles. The van der Waals surface area contributed by atoms with E-state index in [1.165, 1.54) is 0 Å². The molecule has 0 aliphatic carbocycles. The topological polar surface area (TPSA) is 33.4 Å². The molecule has 0 bridgehead atoms. The molecule has 0 radical (unpaired) electrons. The molecule has 1 aromatic heterocycles. The van der Waals surface area contributed by atoms with Gasteiger partial charge in [0.15, 0.2) is 11.4 Å². The molecule has 2 nitrogen and oxygen atoms in total. The summed E-state index contributed by atoms with van der Waals surface area (Å²) in [5, 5.41) is 8.97. The molecule has 74 valence electrons. The van der Waals surface area contributed by atoms with Gasteiger partial charge in [-0.3, -0.25) is 0 Å². The van der Waals surface area contributed by atoms with E-state index in [2.05, 4.69) is 0 Å². The Kier molecular flexibility index (Phi) is 2.00. The van der Waals surface area contributed by atoms with Gasteiger partial charge in [-0.05, 0) is 19.1 Å². The highest BCUT2D eigenvalue weighted by molar-refractivity contribution is 5.83. The third kappa shape index (κ3) is 1.11. The second-order valence-electron chi connectivity index (χ2n) is 3.04. The van der Waals surface area contributed by atoms with Crippen molar-refractivity contribution in [2.45, 2.75) is 13.5 Å². The average Bonchev–Trinajstić information content (AvgIpc) is 2.51. The first-order valence-corrected chi connectivity index (χ1v) is 4.12. The maximum atomic E-state index is 13.3. The number of aliphatic hydroxyl groups is 1. The predicted octanol–water partition coefficient (Wildman–Crippen LogP) is 2.51. The van der Waals surface area contributed by atoms with Crippen molar-refractivity contribution in [3.05, 3.63) is 35.1 Å². The van der Waals surface area contributed by atoms with Gasteiger partial charge < -0.3 is 9.52 Å². The van der Waals surface area contributed by atoms with E-state index < -0.39 is 11.6 Å². The van der Waals surface area contributed by atoms with Crippen molar-refractivity contribution in [1.82, 2.24) is 0 Å². The molecule has 0 saturated heterocycles. The minimum atomic E-state index is -0.621. The predicted molar refractivity (Wildman–Crippen MR) is 46.8 cm³/mol. The fourth-order valence-electron chi connectivity index (χ4n) is 1.47. The molecular weight excluding hydrogens is 190 g/mol. The number of fused-ring (bicyclic) bond motifs is 1. The van der Waals surface area contributed by atoms with Gasteiger partial charge >= 0.3 is 0 Å². The SMILES string of the molecule is Cc1c(CO)oc2c(F)ccc(F)c12. The summed E-state index contributed by atoms with van der Waals surface area (Å²) in [7, 11) is 0. The van der Waals surface area contributed by atoms with Crippen LogP contribution in [-0.2, 0) is 6.61 Å². The molecule has 0 saturated carbocycles. The van der Waals surface area contributed by atoms with Crippen molar-refractivity contribution < 1.29 is 18.3 Å². The first-order chi connectivity index (χ1) is 6.65. The van der Waals surface area contributed by atoms with Gasteiger partial charge in [-0.1, -0.05) is 0 Å². The van der Waals surface area contributed by atoms with Gasteiger partial charge in [-0.2, -0.15) is 0 Å². The summed E-state index contributed by atoms with van der Waals surface area (Å²) in [6, 6.07) is 2.04. The molecule has 0 amide bonds. The second-order valence-corrected chi connectivity index (χ2v) is 3.04. The fraction of sp³-hybridized carbons (Fsp3) is 0.200. The van der Waals surface area contributed by atoms with E-state index in [1.54, 1.807) is 6.92 Å². The van der Waals surface area contributed by atoms with E-state index in [9.17, 15) is 8.78 Å². The highest BCUT2D eigenvalue weighted by Crippen LogP contribution is 2.29. The summed E-state index contributed by atoms with van der Waals surface area (Å²) in [6.07, 6.45) is 0. The number of benzene rings is 1. The van der Waals surface area contributed by atoms with Gasteiger partial charge in [0.05, 0.1) is 5.39 Å². The lowest BCUT2D eigenvalue weighted by Gasteiger charge is -1.93. The van der Waals surface area contributed by atoms with Gasteiger partial charge in [-0.15, -0.1) is 0 Å². The van der Waals surface area contributed by atoms with Gasteiger partial charge in [-0.25, -0.2) is 8.78 Å². The third-order valence-electron chi connectivity index (χ3n) is 2.22. The lowest BCUT2D eigenvalue weighted by atomic mass is 10.1. The van der Waals surface area contributed by atoms with Crippen LogP contribution in [0.1, 0.15) is 11.3 Å². The van der Waals surface area contributed by atoms with Crippen LogP contribution >= 0.6 is 0 Å². The van der Waals surface area contributed by atoms with E-state index in [0.29, 0.717) is 5.56 Å². The Morgan fingerprint density at radius 2 is 1.93 bits per heavy atom. The quantitative estimate of drug-likeness (QED) is 0.763. The minimum Gasteiger partial charge on any atom is -0.455 e. The van der Waals surface area contributed by atoms with Gasteiger partial charge in [0, 0.05) is 5.56 Å². The number of hydrogen-bond acceptors (Lipinski definition) is 2. The zero-order valence-electron chi connectivity index (χ0n) is 7.47. The van der Waals surface area contributed by atoms with Crippen LogP contribution in [-0.4, -0.2) is 5.11 Å². The van der Waals surface area contributed by atoms with Gasteiger partial charge in [0.1, 0.15) is 18.2 Å². The highest BCUT2D eigenvalue weighted by Gasteiger charge is 2.16. The zero-order valence-corrected chi connectivity index (χ0v) is 7.47. The van der Waals surface area contributed by atoms with Crippen LogP contribution in [0, 0.1) is 18.6 Å². The Labute approximate surface area is 78.8 Å². The van der Waals surface area contributed by atoms with Gasteiger partial charge in [0.2, 0.25) is 0 Å². The van der Waals surface area contributed by atoms with Crippen LogP contribution in [0.3, 0.4) is 0 Å². The summed E-state index contributed by atoms with van der Waals surface area (Å²) in [5.74, 6) is -0.962. The van der Waals surface area contributed by atoms with E-state index in [-0.39, 0.29) is 23.3 Å². The molecular formula is C10H8F2O2. The number of aryl methyl sites for hydroxylation is 1. The number of hydrogen-bond donors (Lipinski definition) is 1. The monoisotopic (exact) mass is 198 g/mol. The van der Waals surface area contributed by atoms with E-state index in [1.807, 2.05) is 0 Å². The average molecular weight is 198 g/mol. The maximum absolute atomic E-state index is 13.3. The highest BCUT2D eigenvalue weighted by atomic mass is 19.1. The Bertz CT molecular complexity index is 488. The molecule has 0 fully saturated rings. The normalized spacial score (nSPS) is 11.1. The summed E-state index contributed by atoms with van der Waals surface area (Å²) in [5.41, 5.74) is 0.311. The molecule has 4 heteroatoms. The van der Waals surface area contributed by atoms with Crippen LogP contribution in [0.25, 0.3) is 11.0 Å². The molecule has 14 heavy (non-hydrogen) atoms. The van der Waals surface area contributed by atoms with Crippen molar-refractivity contribution in [3.63, 3.8) is 0 Å². The molecule has 0 atom stereocenters. The molecule has 0 aliphatic rings. The van der Waals surface area contributed by atoms with E-state index >= 15 is 0 Å². The van der Waals surface area contributed by atoms with Crippen molar-refractivity contribution in [2.24, 2.45) is 0 Å². The smallest absolute Gasteiger partial charge is 0.173 e. The Morgan fingerprint density at radius 3 is 2.50 bits per heavy atom. The van der Waals surface area contributed by atoms with Crippen LogP contribution in [0.2, 0.25) is 0 Å². The minimum absolute atomic E-state index is 0.106. The lowest BCUT2D eigenvalue weighted by Crippen LogP contribution is -1.83. The molecule has 1 aromatic carbocycles. The largest absolute Gasteiger partial charge is 0.455 e. The summed E-state index contributed by atoms with van der Waals surface area (Å²) >= 11 is 0.